The van der Waals surface area contributed by atoms with Gasteiger partial charge in [0.15, 0.2) is 0 Å². The zero-order valence-electron chi connectivity index (χ0n) is 11.4. The molecule has 1 aliphatic carbocycles. The van der Waals surface area contributed by atoms with Gasteiger partial charge >= 0.3 is 115 Å². The maximum atomic E-state index is 11.5. The van der Waals surface area contributed by atoms with E-state index in [9.17, 15) is 4.79 Å². The van der Waals surface area contributed by atoms with Gasteiger partial charge in [-0.25, -0.2) is 0 Å². The van der Waals surface area contributed by atoms with Crippen LogP contribution in [0.3, 0.4) is 0 Å². The minimum absolute atomic E-state index is 0. The largest absolute Gasteiger partial charge is 1.00 e. The fraction of sp³-hybridized carbons (Fsp3) is 0.545. The number of ketones is 1. The number of ether oxygens (including phenoxy) is 1. The fourth-order valence-electron chi connectivity index (χ4n) is 1.71. The van der Waals surface area contributed by atoms with E-state index in [1.807, 2.05) is 6.08 Å². The first-order chi connectivity index (χ1) is 7.97. The van der Waals surface area contributed by atoms with Gasteiger partial charge in [-0.05, 0) is 0 Å². The molecule has 1 saturated heterocycles. The Morgan fingerprint density at radius 1 is 1.26 bits per heavy atom. The van der Waals surface area contributed by atoms with Gasteiger partial charge in [-0.2, -0.15) is 0 Å². The van der Waals surface area contributed by atoms with E-state index in [4.69, 9.17) is 9.16 Å². The molecule has 0 atom stereocenters. The van der Waals surface area contributed by atoms with Gasteiger partial charge in [-0.1, -0.05) is 0 Å². The number of carbonyl (C=O) groups excluding carboxylic acids is 1. The summed E-state index contributed by atoms with van der Waals surface area (Å²) < 4.78 is 12.4. The van der Waals surface area contributed by atoms with Crippen LogP contribution >= 0.6 is 0 Å². The second kappa shape index (κ2) is 8.29. The quantitative estimate of drug-likeness (QED) is 0.331. The molecule has 19 heavy (non-hydrogen) atoms. The molecule has 0 saturated carbocycles. The van der Waals surface area contributed by atoms with Crippen LogP contribution in [0.2, 0.25) is 19.6 Å². The average Bonchev–Trinajstić information content (AvgIpc) is 2.87. The molecular weight excluding hydrogens is 355 g/mol. The van der Waals surface area contributed by atoms with Gasteiger partial charge in [0.2, 0.25) is 0 Å². The predicted octanol–water partition coefficient (Wildman–Crippen LogP) is -5.24. The summed E-state index contributed by atoms with van der Waals surface area (Å²) in [6.07, 6.45) is 1.86. The minimum atomic E-state index is -1.39. The van der Waals surface area contributed by atoms with Crippen molar-refractivity contribution < 1.29 is 57.9 Å². The molecule has 8 heteroatoms. The van der Waals surface area contributed by atoms with Crippen molar-refractivity contribution in [3.63, 3.8) is 0 Å². The number of hydrogen-bond acceptors (Lipinski definition) is 3. The zero-order chi connectivity index (χ0) is 12.5. The Hall–Kier alpha value is 0.798. The van der Waals surface area contributed by atoms with Gasteiger partial charge in [0.25, 0.3) is 0 Å². The standard InChI is InChI=1S/C6H15O2Si.C5H3OSi.2ClH.Ti/c1-7-5-6-8-9(2,3)4;6-3-1-4-5(2-3)7-4;;;/h1,5-6H2,2-4H3;1H,7H2;2*1H;/q;;;;+2/p-2. The van der Waals surface area contributed by atoms with Crippen molar-refractivity contribution in [2.75, 3.05) is 18.1 Å². The maximum absolute atomic E-state index is 11.5. The van der Waals surface area contributed by atoms with Crippen LogP contribution in [0, 0.1) is 0 Å². The molecule has 0 bridgehead atoms. The third-order valence-corrected chi connectivity index (χ3v) is 7.84. The molecular formula is C11H18Cl2O3Si2Ti. The second-order valence-corrected chi connectivity index (χ2v) is 13.4. The van der Waals surface area contributed by atoms with E-state index in [0.717, 1.165) is 8.79 Å². The van der Waals surface area contributed by atoms with E-state index in [0.29, 0.717) is 13.2 Å². The summed E-state index contributed by atoms with van der Waals surface area (Å²) in [5, 5.41) is 2.88. The predicted molar refractivity (Wildman–Crippen MR) is 68.8 cm³/mol. The van der Waals surface area contributed by atoms with E-state index in [1.165, 1.54) is 10.4 Å². The van der Waals surface area contributed by atoms with Gasteiger partial charge in [0, 0.05) is 0 Å². The normalized spacial score (nSPS) is 17.4. The van der Waals surface area contributed by atoms with Crippen molar-refractivity contribution in [2.24, 2.45) is 0 Å². The van der Waals surface area contributed by atoms with Gasteiger partial charge in [-0.3, -0.25) is 0 Å². The van der Waals surface area contributed by atoms with Crippen LogP contribution in [0.25, 0.3) is 0 Å². The molecule has 1 fully saturated rings. The molecule has 2 rings (SSSR count). The molecule has 0 radical (unpaired) electrons. The Morgan fingerprint density at radius 3 is 2.47 bits per heavy atom. The van der Waals surface area contributed by atoms with Crippen molar-refractivity contribution in [2.45, 2.75) is 19.6 Å². The van der Waals surface area contributed by atoms with Crippen LogP contribution < -0.4 is 24.8 Å². The third kappa shape index (κ3) is 6.40. The molecule has 2 aliphatic rings. The Bertz CT molecular complexity index is 405. The van der Waals surface area contributed by atoms with Crippen molar-refractivity contribution in [1.29, 1.82) is 0 Å². The molecule has 0 N–H and O–H groups in total. The Kier molecular flexibility index (Phi) is 8.64. The number of hydrogen-bond donors (Lipinski definition) is 0. The number of carbonyl (C=O) groups is 1. The SMILES string of the molecule is C[Si](C)(C)OCCO[CH2][Ti+2][C]1=C2[SiH2]C2=CC1=O.[Cl-].[Cl-]. The van der Waals surface area contributed by atoms with Gasteiger partial charge < -0.3 is 24.8 Å². The average molecular weight is 373 g/mol. The first-order valence-corrected chi connectivity index (χ1v) is 12.6. The summed E-state index contributed by atoms with van der Waals surface area (Å²) in [7, 11) is -1.47. The van der Waals surface area contributed by atoms with Gasteiger partial charge in [0.05, 0.1) is 0 Å². The van der Waals surface area contributed by atoms with Crippen molar-refractivity contribution in [3.05, 3.63) is 20.3 Å². The second-order valence-electron chi connectivity index (χ2n) is 5.25. The molecule has 0 spiro atoms. The molecule has 0 aromatic heterocycles. The van der Waals surface area contributed by atoms with E-state index >= 15 is 0 Å². The van der Waals surface area contributed by atoms with Gasteiger partial charge in [0.1, 0.15) is 0 Å². The summed E-state index contributed by atoms with van der Waals surface area (Å²) in [5.41, 5.74) is 0. The van der Waals surface area contributed by atoms with Gasteiger partial charge in [-0.15, -0.1) is 0 Å². The molecule has 1 heterocycles. The molecule has 1 aliphatic heterocycles. The smallest absolute Gasteiger partial charge is 1.00 e. The van der Waals surface area contributed by atoms with Crippen molar-refractivity contribution in [3.8, 4) is 0 Å². The topological polar surface area (TPSA) is 35.5 Å². The van der Waals surface area contributed by atoms with Crippen molar-refractivity contribution in [1.82, 2.24) is 0 Å². The van der Waals surface area contributed by atoms with Crippen LogP contribution in [0.1, 0.15) is 0 Å². The van der Waals surface area contributed by atoms with Crippen LogP contribution in [-0.2, 0) is 33.1 Å². The summed E-state index contributed by atoms with van der Waals surface area (Å²) in [4.78, 5) is 12.3. The summed E-state index contributed by atoms with van der Waals surface area (Å²) >= 11 is -0.355. The number of allylic oxidation sites excluding steroid dienone is 4. The van der Waals surface area contributed by atoms with Crippen LogP contribution in [0.15, 0.2) is 20.3 Å². The number of fused-ring (bicyclic) bond motifs is 1. The molecule has 0 amide bonds. The number of halogens is 2. The van der Waals surface area contributed by atoms with E-state index in [1.54, 1.807) is 0 Å². The minimum Gasteiger partial charge on any atom is -1.00 e. The summed E-state index contributed by atoms with van der Waals surface area (Å²) in [6, 6.07) is 0. The number of rotatable bonds is 7. The van der Waals surface area contributed by atoms with E-state index in [2.05, 4.69) is 19.6 Å². The Labute approximate surface area is 139 Å². The maximum Gasteiger partial charge on any atom is -1.00 e. The summed E-state index contributed by atoms with van der Waals surface area (Å²) in [6.45, 7) is 7.89. The van der Waals surface area contributed by atoms with E-state index < -0.39 is 8.32 Å². The Morgan fingerprint density at radius 2 is 1.95 bits per heavy atom. The molecule has 106 valence electrons. The molecule has 0 aromatic rings. The monoisotopic (exact) mass is 372 g/mol. The van der Waals surface area contributed by atoms with Crippen LogP contribution in [0.4, 0.5) is 0 Å². The first-order valence-electron chi connectivity index (χ1n) is 5.91. The van der Waals surface area contributed by atoms with Crippen LogP contribution in [-0.4, -0.2) is 41.7 Å². The van der Waals surface area contributed by atoms with Crippen molar-refractivity contribution >= 4 is 23.6 Å². The zero-order valence-corrected chi connectivity index (χ0v) is 16.9. The first kappa shape index (κ1) is 19.8. The molecule has 0 aromatic carbocycles. The van der Waals surface area contributed by atoms with Crippen LogP contribution in [0.5, 0.6) is 0 Å². The fourth-order valence-corrected chi connectivity index (χ4v) is 6.40. The van der Waals surface area contributed by atoms with E-state index in [-0.39, 0.29) is 59.3 Å². The Balaban J connectivity index is 0.00000162. The summed E-state index contributed by atoms with van der Waals surface area (Å²) in [5.74, 6) is 0.288. The molecule has 0 unspecified atom stereocenters. The molecule has 3 nitrogen and oxygen atoms in total. The third-order valence-electron chi connectivity index (χ3n) is 2.60.